The lowest BCUT2D eigenvalue weighted by atomic mass is 9.97. The molecule has 4 heteroatoms. The average Bonchev–Trinajstić information content (AvgIpc) is 2.75. The molecule has 0 aliphatic carbocycles. The number of esters is 1. The molecule has 28 heavy (non-hydrogen) atoms. The van der Waals surface area contributed by atoms with Crippen LogP contribution in [0.15, 0.2) is 54.6 Å². The van der Waals surface area contributed by atoms with Crippen LogP contribution in [0.1, 0.15) is 43.0 Å². The Hall–Kier alpha value is -2.88. The van der Waals surface area contributed by atoms with Crippen molar-refractivity contribution in [3.8, 4) is 0 Å². The minimum Gasteiger partial charge on any atom is -0.452 e. The Morgan fingerprint density at radius 1 is 1.00 bits per heavy atom. The van der Waals surface area contributed by atoms with Gasteiger partial charge in [-0.05, 0) is 53.3 Å². The van der Waals surface area contributed by atoms with Gasteiger partial charge >= 0.3 is 5.97 Å². The lowest BCUT2D eigenvalue weighted by Crippen LogP contribution is -2.45. The Morgan fingerprint density at radius 3 is 2.29 bits per heavy atom. The molecule has 0 aromatic heterocycles. The predicted molar refractivity (Wildman–Crippen MR) is 111 cm³/mol. The monoisotopic (exact) mass is 375 g/mol. The van der Waals surface area contributed by atoms with Gasteiger partial charge in [0.15, 0.2) is 6.61 Å². The first kappa shape index (κ1) is 18.5. The molecule has 1 saturated heterocycles. The molecule has 3 aromatic carbocycles. The van der Waals surface area contributed by atoms with Crippen molar-refractivity contribution in [3.05, 3.63) is 60.2 Å². The third-order valence-electron chi connectivity index (χ3n) is 5.72. The fourth-order valence-electron chi connectivity index (χ4n) is 4.27. The molecular weight excluding hydrogens is 350 g/mol. The van der Waals surface area contributed by atoms with Gasteiger partial charge in [0.25, 0.3) is 5.91 Å². The molecule has 1 unspecified atom stereocenters. The summed E-state index contributed by atoms with van der Waals surface area (Å²) < 4.78 is 5.52. The number of amides is 1. The SMILES string of the molecule is CCC1CCCCN1C(=O)COC(=O)c1c2ccccc2cc2ccccc12. The average molecular weight is 375 g/mol. The van der Waals surface area contributed by atoms with Gasteiger partial charge in [0.1, 0.15) is 0 Å². The van der Waals surface area contributed by atoms with E-state index >= 15 is 0 Å². The highest BCUT2D eigenvalue weighted by Crippen LogP contribution is 2.29. The lowest BCUT2D eigenvalue weighted by Gasteiger charge is -2.35. The minimum absolute atomic E-state index is 0.0931. The molecule has 0 N–H and O–H groups in total. The van der Waals surface area contributed by atoms with Gasteiger partial charge in [0.2, 0.25) is 0 Å². The standard InChI is InChI=1S/C24H25NO3/c1-2-19-11-7-8-14-25(19)22(26)16-28-24(27)23-20-12-5-3-9-17(20)15-18-10-4-6-13-21(18)23/h3-6,9-10,12-13,15,19H,2,7-8,11,14,16H2,1H3. The number of likely N-dealkylation sites (tertiary alicyclic amines) is 1. The number of ether oxygens (including phenoxy) is 1. The summed E-state index contributed by atoms with van der Waals surface area (Å²) in [4.78, 5) is 27.6. The number of nitrogens with zero attached hydrogens (tertiary/aromatic N) is 1. The van der Waals surface area contributed by atoms with E-state index in [-0.39, 0.29) is 18.6 Å². The Labute approximate surface area is 165 Å². The van der Waals surface area contributed by atoms with E-state index < -0.39 is 5.97 Å². The van der Waals surface area contributed by atoms with Gasteiger partial charge in [-0.1, -0.05) is 55.5 Å². The van der Waals surface area contributed by atoms with Gasteiger partial charge in [-0.3, -0.25) is 4.79 Å². The minimum atomic E-state index is -0.439. The van der Waals surface area contributed by atoms with Gasteiger partial charge < -0.3 is 9.64 Å². The molecule has 0 saturated carbocycles. The zero-order valence-electron chi connectivity index (χ0n) is 16.2. The number of carbonyl (C=O) groups excluding carboxylic acids is 2. The molecule has 1 amide bonds. The van der Waals surface area contributed by atoms with Gasteiger partial charge in [-0.15, -0.1) is 0 Å². The highest BCUT2D eigenvalue weighted by atomic mass is 16.5. The maximum atomic E-state index is 13.0. The second-order valence-corrected chi connectivity index (χ2v) is 7.41. The van der Waals surface area contributed by atoms with Crippen molar-refractivity contribution in [3.63, 3.8) is 0 Å². The fourth-order valence-corrected chi connectivity index (χ4v) is 4.27. The molecule has 1 aliphatic rings. The topological polar surface area (TPSA) is 46.6 Å². The van der Waals surface area contributed by atoms with E-state index in [1.807, 2.05) is 53.4 Å². The maximum absolute atomic E-state index is 13.0. The van der Waals surface area contributed by atoms with Gasteiger partial charge in [-0.25, -0.2) is 4.79 Å². The van der Waals surface area contributed by atoms with Crippen molar-refractivity contribution in [2.45, 2.75) is 38.6 Å². The molecule has 1 fully saturated rings. The highest BCUT2D eigenvalue weighted by molar-refractivity contribution is 6.16. The number of hydrogen-bond acceptors (Lipinski definition) is 3. The third kappa shape index (κ3) is 3.47. The number of carbonyl (C=O) groups is 2. The van der Waals surface area contributed by atoms with Crippen molar-refractivity contribution in [2.75, 3.05) is 13.2 Å². The van der Waals surface area contributed by atoms with Crippen molar-refractivity contribution < 1.29 is 14.3 Å². The zero-order chi connectivity index (χ0) is 19.5. The van der Waals surface area contributed by atoms with E-state index in [9.17, 15) is 9.59 Å². The smallest absolute Gasteiger partial charge is 0.339 e. The molecule has 3 aromatic rings. The zero-order valence-corrected chi connectivity index (χ0v) is 16.2. The number of benzene rings is 3. The second kappa shape index (κ2) is 8.01. The van der Waals surface area contributed by atoms with Crippen molar-refractivity contribution in [1.82, 2.24) is 4.90 Å². The van der Waals surface area contributed by atoms with Crippen LogP contribution in [-0.2, 0) is 9.53 Å². The first-order chi connectivity index (χ1) is 13.7. The van der Waals surface area contributed by atoms with Gasteiger partial charge in [-0.2, -0.15) is 0 Å². The van der Waals surface area contributed by atoms with Crippen LogP contribution < -0.4 is 0 Å². The summed E-state index contributed by atoms with van der Waals surface area (Å²) in [6.07, 6.45) is 4.14. The van der Waals surface area contributed by atoms with Crippen molar-refractivity contribution >= 4 is 33.4 Å². The summed E-state index contributed by atoms with van der Waals surface area (Å²) in [7, 11) is 0. The van der Waals surface area contributed by atoms with Crippen molar-refractivity contribution in [2.24, 2.45) is 0 Å². The van der Waals surface area contributed by atoms with Crippen LogP contribution in [0.4, 0.5) is 0 Å². The normalized spacial score (nSPS) is 17.0. The third-order valence-corrected chi connectivity index (χ3v) is 5.72. The van der Waals surface area contributed by atoms with E-state index in [4.69, 9.17) is 4.74 Å². The van der Waals surface area contributed by atoms with Crippen LogP contribution >= 0.6 is 0 Å². The molecule has 0 radical (unpaired) electrons. The number of rotatable bonds is 4. The molecule has 0 bridgehead atoms. The Balaban J connectivity index is 1.61. The Kier molecular flexibility index (Phi) is 5.29. The molecule has 4 rings (SSSR count). The summed E-state index contributed by atoms with van der Waals surface area (Å²) in [6, 6.07) is 17.9. The quantitative estimate of drug-likeness (QED) is 0.479. The largest absolute Gasteiger partial charge is 0.452 e. The van der Waals surface area contributed by atoms with E-state index in [2.05, 4.69) is 13.0 Å². The lowest BCUT2D eigenvalue weighted by molar-refractivity contribution is -0.138. The summed E-state index contributed by atoms with van der Waals surface area (Å²) in [5.41, 5.74) is 0.534. The van der Waals surface area contributed by atoms with E-state index in [0.717, 1.165) is 53.8 Å². The number of piperidine rings is 1. The Morgan fingerprint density at radius 2 is 1.64 bits per heavy atom. The molecule has 0 spiro atoms. The molecule has 144 valence electrons. The molecule has 1 aliphatic heterocycles. The van der Waals surface area contributed by atoms with Crippen LogP contribution in [-0.4, -0.2) is 36.0 Å². The summed E-state index contributed by atoms with van der Waals surface area (Å²) in [5, 5.41) is 3.68. The Bertz CT molecular complexity index is 973. The van der Waals surface area contributed by atoms with Gasteiger partial charge in [0.05, 0.1) is 5.56 Å². The van der Waals surface area contributed by atoms with Crippen LogP contribution in [0.25, 0.3) is 21.5 Å². The van der Waals surface area contributed by atoms with Crippen LogP contribution in [0.2, 0.25) is 0 Å². The first-order valence-electron chi connectivity index (χ1n) is 10.1. The van der Waals surface area contributed by atoms with Crippen LogP contribution in [0, 0.1) is 0 Å². The highest BCUT2D eigenvalue weighted by Gasteiger charge is 2.26. The maximum Gasteiger partial charge on any atom is 0.339 e. The van der Waals surface area contributed by atoms with Crippen molar-refractivity contribution in [1.29, 1.82) is 0 Å². The number of hydrogen-bond donors (Lipinski definition) is 0. The van der Waals surface area contributed by atoms with E-state index in [0.29, 0.717) is 5.56 Å². The van der Waals surface area contributed by atoms with Gasteiger partial charge in [0, 0.05) is 12.6 Å². The molecule has 1 atom stereocenters. The summed E-state index contributed by atoms with van der Waals surface area (Å²) in [6.45, 7) is 2.66. The first-order valence-corrected chi connectivity index (χ1v) is 10.1. The van der Waals surface area contributed by atoms with Crippen LogP contribution in [0.5, 0.6) is 0 Å². The molecular formula is C24H25NO3. The molecule has 1 heterocycles. The fraction of sp³-hybridized carbons (Fsp3) is 0.333. The van der Waals surface area contributed by atoms with E-state index in [1.54, 1.807) is 0 Å². The summed E-state index contributed by atoms with van der Waals surface area (Å²) >= 11 is 0. The van der Waals surface area contributed by atoms with E-state index in [1.165, 1.54) is 0 Å². The number of fused-ring (bicyclic) bond motifs is 2. The molecule has 4 nitrogen and oxygen atoms in total. The summed E-state index contributed by atoms with van der Waals surface area (Å²) in [5.74, 6) is -0.532. The second-order valence-electron chi connectivity index (χ2n) is 7.41. The predicted octanol–water partition coefficient (Wildman–Crippen LogP) is 4.94. The van der Waals surface area contributed by atoms with Crippen LogP contribution in [0.3, 0.4) is 0 Å².